The highest BCUT2D eigenvalue weighted by atomic mass is 16.5. The molecular formula is C18H25N3O6. The number of aromatic nitrogens is 1. The molecule has 0 bridgehead atoms. The first-order valence-electron chi connectivity index (χ1n) is 8.94. The van der Waals surface area contributed by atoms with Crippen LogP contribution in [0.4, 0.5) is 4.79 Å². The second kappa shape index (κ2) is 9.20. The summed E-state index contributed by atoms with van der Waals surface area (Å²) in [4.78, 5) is 50.5. The van der Waals surface area contributed by atoms with Crippen molar-refractivity contribution in [1.82, 2.24) is 15.6 Å². The van der Waals surface area contributed by atoms with Gasteiger partial charge in [0, 0.05) is 11.7 Å². The predicted molar refractivity (Wildman–Crippen MR) is 95.5 cm³/mol. The van der Waals surface area contributed by atoms with Gasteiger partial charge >= 0.3 is 18.0 Å². The van der Waals surface area contributed by atoms with Crippen LogP contribution in [0.2, 0.25) is 0 Å². The first-order valence-corrected chi connectivity index (χ1v) is 8.94. The van der Waals surface area contributed by atoms with E-state index in [1.807, 2.05) is 6.92 Å². The smallest absolute Gasteiger partial charge is 0.355 e. The summed E-state index contributed by atoms with van der Waals surface area (Å²) in [5, 5.41) is 4.84. The summed E-state index contributed by atoms with van der Waals surface area (Å²) in [7, 11) is 1.26. The van der Waals surface area contributed by atoms with Gasteiger partial charge in [-0.3, -0.25) is 10.1 Å². The maximum atomic E-state index is 12.2. The van der Waals surface area contributed by atoms with Gasteiger partial charge < -0.3 is 19.8 Å². The Morgan fingerprint density at radius 1 is 1.15 bits per heavy atom. The molecule has 0 aromatic carbocycles. The zero-order valence-corrected chi connectivity index (χ0v) is 15.8. The lowest BCUT2D eigenvalue weighted by Crippen LogP contribution is -2.45. The number of ether oxygens (including phenoxy) is 2. The third-order valence-electron chi connectivity index (χ3n) is 4.55. The number of nitrogens with one attached hydrogen (secondary N) is 3. The van der Waals surface area contributed by atoms with Gasteiger partial charge in [-0.05, 0) is 31.7 Å². The number of hydrogen-bond donors (Lipinski definition) is 3. The van der Waals surface area contributed by atoms with Crippen LogP contribution in [0.5, 0.6) is 0 Å². The molecular weight excluding hydrogens is 354 g/mol. The van der Waals surface area contributed by atoms with Crippen LogP contribution in [0.25, 0.3) is 0 Å². The molecule has 1 aliphatic rings. The van der Waals surface area contributed by atoms with Crippen LogP contribution in [-0.2, 0) is 20.7 Å². The molecule has 3 amide bonds. The molecule has 0 unspecified atom stereocenters. The quantitative estimate of drug-likeness (QED) is 0.645. The Hall–Kier alpha value is -2.84. The first kappa shape index (κ1) is 20.5. The van der Waals surface area contributed by atoms with Gasteiger partial charge in [-0.25, -0.2) is 14.4 Å². The van der Waals surface area contributed by atoms with Gasteiger partial charge in [-0.1, -0.05) is 19.8 Å². The zero-order chi connectivity index (χ0) is 20.0. The van der Waals surface area contributed by atoms with Crippen LogP contribution in [0.3, 0.4) is 0 Å². The van der Waals surface area contributed by atoms with Crippen LogP contribution in [-0.4, -0.2) is 48.6 Å². The predicted octanol–water partition coefficient (Wildman–Crippen LogP) is 1.60. The number of aryl methyl sites for hydroxylation is 1. The van der Waals surface area contributed by atoms with Gasteiger partial charge in [-0.15, -0.1) is 0 Å². The van der Waals surface area contributed by atoms with Crippen molar-refractivity contribution in [2.24, 2.45) is 0 Å². The van der Waals surface area contributed by atoms with Crippen molar-refractivity contribution in [2.75, 3.05) is 13.7 Å². The number of rotatable bonds is 6. The summed E-state index contributed by atoms with van der Waals surface area (Å²) in [5.41, 5.74) is 1.30. The molecule has 148 valence electrons. The number of aromatic amines is 1. The molecule has 0 spiro atoms. The Bertz CT molecular complexity index is 734. The molecule has 1 heterocycles. The van der Waals surface area contributed by atoms with Crippen LogP contribution >= 0.6 is 0 Å². The Morgan fingerprint density at radius 3 is 2.41 bits per heavy atom. The summed E-state index contributed by atoms with van der Waals surface area (Å²) in [6, 6.07) is -0.522. The molecule has 1 aromatic rings. The standard InChI is InChI=1S/C18H25N3O6/c1-4-12-14(16(23)26-3)10(2)15(20-12)17(24)27-9-13(22)21-18(25)19-11-7-5-6-8-11/h11,20H,4-9H2,1-3H3,(H2,19,21,22,25). The number of urea groups is 1. The molecule has 27 heavy (non-hydrogen) atoms. The first-order chi connectivity index (χ1) is 12.9. The fraction of sp³-hybridized carbons (Fsp3) is 0.556. The summed E-state index contributed by atoms with van der Waals surface area (Å²) in [6.07, 6.45) is 4.38. The lowest BCUT2D eigenvalue weighted by Gasteiger charge is -2.12. The van der Waals surface area contributed by atoms with Crippen molar-refractivity contribution in [3.05, 3.63) is 22.5 Å². The molecule has 0 atom stereocenters. The van der Waals surface area contributed by atoms with E-state index in [4.69, 9.17) is 9.47 Å². The molecule has 1 saturated carbocycles. The summed E-state index contributed by atoms with van der Waals surface area (Å²) >= 11 is 0. The fourth-order valence-electron chi connectivity index (χ4n) is 3.16. The number of imide groups is 1. The van der Waals surface area contributed by atoms with E-state index in [-0.39, 0.29) is 17.3 Å². The second-order valence-electron chi connectivity index (χ2n) is 6.40. The van der Waals surface area contributed by atoms with Crippen molar-refractivity contribution < 1.29 is 28.7 Å². The molecule has 9 nitrogen and oxygen atoms in total. The number of carbonyl (C=O) groups excluding carboxylic acids is 4. The maximum Gasteiger partial charge on any atom is 0.355 e. The van der Waals surface area contributed by atoms with Crippen LogP contribution < -0.4 is 10.6 Å². The topological polar surface area (TPSA) is 127 Å². The Kier molecular flexibility index (Phi) is 6.98. The number of amides is 3. The number of carbonyl (C=O) groups is 4. The molecule has 1 fully saturated rings. The monoisotopic (exact) mass is 379 g/mol. The maximum absolute atomic E-state index is 12.2. The minimum absolute atomic E-state index is 0.0751. The third-order valence-corrected chi connectivity index (χ3v) is 4.55. The molecule has 9 heteroatoms. The van der Waals surface area contributed by atoms with Crippen molar-refractivity contribution in [2.45, 2.75) is 52.0 Å². The van der Waals surface area contributed by atoms with Crippen LogP contribution in [0.15, 0.2) is 0 Å². The van der Waals surface area contributed by atoms with E-state index in [2.05, 4.69) is 15.6 Å². The van der Waals surface area contributed by atoms with Gasteiger partial charge in [0.2, 0.25) is 0 Å². The molecule has 1 aliphatic carbocycles. The summed E-state index contributed by atoms with van der Waals surface area (Å²) in [5.74, 6) is -2.07. The van der Waals surface area contributed by atoms with E-state index in [0.717, 1.165) is 25.7 Å². The van der Waals surface area contributed by atoms with Gasteiger partial charge in [-0.2, -0.15) is 0 Å². The van der Waals surface area contributed by atoms with Crippen molar-refractivity contribution in [3.8, 4) is 0 Å². The average Bonchev–Trinajstić information content (AvgIpc) is 3.26. The van der Waals surface area contributed by atoms with E-state index in [9.17, 15) is 19.2 Å². The van der Waals surface area contributed by atoms with Crippen LogP contribution in [0.1, 0.15) is 64.7 Å². The number of hydrogen-bond acceptors (Lipinski definition) is 6. The van der Waals surface area contributed by atoms with E-state index in [1.54, 1.807) is 6.92 Å². The Morgan fingerprint density at radius 2 is 1.81 bits per heavy atom. The summed E-state index contributed by atoms with van der Waals surface area (Å²) < 4.78 is 9.68. The Labute approximate surface area is 157 Å². The third kappa shape index (κ3) is 5.08. The highest BCUT2D eigenvalue weighted by Gasteiger charge is 2.25. The van der Waals surface area contributed by atoms with Crippen molar-refractivity contribution in [1.29, 1.82) is 0 Å². The average molecular weight is 379 g/mol. The lowest BCUT2D eigenvalue weighted by molar-refractivity contribution is -0.123. The van der Waals surface area contributed by atoms with Gasteiger partial charge in [0.1, 0.15) is 5.69 Å². The normalized spacial score (nSPS) is 13.9. The van der Waals surface area contributed by atoms with Gasteiger partial charge in [0.05, 0.1) is 12.7 Å². The van der Waals surface area contributed by atoms with Gasteiger partial charge in [0.25, 0.3) is 5.91 Å². The summed E-state index contributed by atoms with van der Waals surface area (Å²) in [6.45, 7) is 2.81. The minimum Gasteiger partial charge on any atom is -0.465 e. The minimum atomic E-state index is -0.788. The molecule has 0 aliphatic heterocycles. The number of methoxy groups -OCH3 is 1. The fourth-order valence-corrected chi connectivity index (χ4v) is 3.16. The van der Waals surface area contributed by atoms with Crippen LogP contribution in [0, 0.1) is 6.92 Å². The molecule has 1 aromatic heterocycles. The van der Waals surface area contributed by atoms with E-state index >= 15 is 0 Å². The lowest BCUT2D eigenvalue weighted by atomic mass is 10.1. The molecule has 0 saturated heterocycles. The number of esters is 2. The SMILES string of the molecule is CCc1[nH]c(C(=O)OCC(=O)NC(=O)NC2CCCC2)c(C)c1C(=O)OC. The zero-order valence-electron chi connectivity index (χ0n) is 15.8. The van der Waals surface area contributed by atoms with E-state index in [0.29, 0.717) is 17.7 Å². The molecule has 3 N–H and O–H groups in total. The van der Waals surface area contributed by atoms with E-state index in [1.165, 1.54) is 7.11 Å². The van der Waals surface area contributed by atoms with E-state index < -0.39 is 30.5 Å². The number of H-pyrrole nitrogens is 1. The highest BCUT2D eigenvalue weighted by Crippen LogP contribution is 2.21. The Balaban J connectivity index is 1.91. The second-order valence-corrected chi connectivity index (χ2v) is 6.40. The highest BCUT2D eigenvalue weighted by molar-refractivity contribution is 6.00. The molecule has 0 radical (unpaired) electrons. The van der Waals surface area contributed by atoms with Gasteiger partial charge in [0.15, 0.2) is 6.61 Å². The molecule has 2 rings (SSSR count). The largest absolute Gasteiger partial charge is 0.465 e. The van der Waals surface area contributed by atoms with Crippen molar-refractivity contribution in [3.63, 3.8) is 0 Å². The van der Waals surface area contributed by atoms with Crippen molar-refractivity contribution >= 4 is 23.9 Å².